The third kappa shape index (κ3) is 2.72. The molecular weight excluding hydrogens is 214 g/mol. The van der Waals surface area contributed by atoms with Crippen molar-refractivity contribution in [3.8, 4) is 0 Å². The van der Waals surface area contributed by atoms with Crippen LogP contribution in [-0.2, 0) is 0 Å². The van der Waals surface area contributed by atoms with Crippen LogP contribution in [0.1, 0.15) is 36.1 Å². The van der Waals surface area contributed by atoms with Gasteiger partial charge in [-0.1, -0.05) is 0 Å². The van der Waals surface area contributed by atoms with Gasteiger partial charge >= 0.3 is 0 Å². The first-order chi connectivity index (χ1) is 8.16. The van der Waals surface area contributed by atoms with Gasteiger partial charge in [0.05, 0.1) is 6.04 Å². The van der Waals surface area contributed by atoms with Crippen molar-refractivity contribution >= 4 is 11.5 Å². The fourth-order valence-electron chi connectivity index (χ4n) is 1.63. The Bertz CT molecular complexity index is 488. The summed E-state index contributed by atoms with van der Waals surface area (Å²) in [5.41, 5.74) is 1.69. The van der Waals surface area contributed by atoms with Crippen molar-refractivity contribution in [2.75, 3.05) is 5.32 Å². The van der Waals surface area contributed by atoms with Crippen LogP contribution in [0.3, 0.4) is 0 Å². The summed E-state index contributed by atoms with van der Waals surface area (Å²) in [7, 11) is 0. The first-order valence-corrected chi connectivity index (χ1v) is 5.53. The summed E-state index contributed by atoms with van der Waals surface area (Å²) in [6, 6.07) is 7.54. The number of hydrogen-bond acceptors (Lipinski definition) is 3. The van der Waals surface area contributed by atoms with E-state index in [1.54, 1.807) is 19.3 Å². The highest BCUT2D eigenvalue weighted by molar-refractivity contribution is 5.94. The highest BCUT2D eigenvalue weighted by Crippen LogP contribution is 2.16. The molecule has 17 heavy (non-hydrogen) atoms. The van der Waals surface area contributed by atoms with E-state index < -0.39 is 0 Å². The molecule has 2 rings (SSSR count). The summed E-state index contributed by atoms with van der Waals surface area (Å²) in [5, 5.41) is 3.31. The third-order valence-corrected chi connectivity index (χ3v) is 2.60. The van der Waals surface area contributed by atoms with Gasteiger partial charge in [0.2, 0.25) is 0 Å². The topological polar surface area (TPSA) is 57.8 Å². The molecule has 0 bridgehead atoms. The van der Waals surface area contributed by atoms with E-state index in [1.165, 1.54) is 0 Å². The number of hydrogen-bond donors (Lipinski definition) is 2. The molecule has 0 fully saturated rings. The largest absolute Gasteiger partial charge is 0.375 e. The minimum atomic E-state index is 0.0793. The van der Waals surface area contributed by atoms with Crippen LogP contribution in [0.2, 0.25) is 0 Å². The maximum Gasteiger partial charge on any atom is 0.159 e. The number of benzene rings is 1. The Morgan fingerprint density at radius 1 is 1.35 bits per heavy atom. The van der Waals surface area contributed by atoms with E-state index in [9.17, 15) is 4.79 Å². The molecular formula is C13H15N3O. The molecule has 1 aromatic heterocycles. The maximum atomic E-state index is 11.1. The number of imidazole rings is 1. The lowest BCUT2D eigenvalue weighted by molar-refractivity contribution is 0.101. The van der Waals surface area contributed by atoms with Gasteiger partial charge in [-0.25, -0.2) is 4.98 Å². The zero-order valence-electron chi connectivity index (χ0n) is 9.90. The summed E-state index contributed by atoms with van der Waals surface area (Å²) in [6.07, 6.45) is 3.53. The summed E-state index contributed by atoms with van der Waals surface area (Å²) < 4.78 is 0. The van der Waals surface area contributed by atoms with Gasteiger partial charge < -0.3 is 10.3 Å². The van der Waals surface area contributed by atoms with Gasteiger partial charge in [0.15, 0.2) is 5.78 Å². The van der Waals surface area contributed by atoms with Crippen molar-refractivity contribution in [3.05, 3.63) is 48.0 Å². The quantitative estimate of drug-likeness (QED) is 0.792. The first-order valence-electron chi connectivity index (χ1n) is 5.53. The molecule has 0 aliphatic rings. The Hall–Kier alpha value is -2.10. The van der Waals surface area contributed by atoms with Gasteiger partial charge in [0.25, 0.3) is 0 Å². The van der Waals surface area contributed by atoms with Crippen LogP contribution in [-0.4, -0.2) is 15.8 Å². The van der Waals surface area contributed by atoms with Gasteiger partial charge in [-0.05, 0) is 38.1 Å². The van der Waals surface area contributed by atoms with E-state index in [4.69, 9.17) is 0 Å². The number of Topliss-reactive ketones (excluding diaryl/α,β-unsaturated/α-hetero) is 1. The number of ketones is 1. The van der Waals surface area contributed by atoms with E-state index in [0.717, 1.165) is 17.1 Å². The second kappa shape index (κ2) is 4.82. The maximum absolute atomic E-state index is 11.1. The fourth-order valence-corrected chi connectivity index (χ4v) is 1.63. The smallest absolute Gasteiger partial charge is 0.159 e. The highest BCUT2D eigenvalue weighted by Gasteiger charge is 2.07. The van der Waals surface area contributed by atoms with Crippen LogP contribution >= 0.6 is 0 Å². The van der Waals surface area contributed by atoms with Crippen LogP contribution in [0.15, 0.2) is 36.7 Å². The van der Waals surface area contributed by atoms with Crippen LogP contribution in [0.5, 0.6) is 0 Å². The second-order valence-corrected chi connectivity index (χ2v) is 3.97. The van der Waals surface area contributed by atoms with Crippen molar-refractivity contribution in [2.24, 2.45) is 0 Å². The molecule has 0 spiro atoms. The van der Waals surface area contributed by atoms with Crippen molar-refractivity contribution in [2.45, 2.75) is 19.9 Å². The first kappa shape index (κ1) is 11.4. The predicted octanol–water partition coefficient (Wildman–Crippen LogP) is 2.79. The number of aromatic nitrogens is 2. The summed E-state index contributed by atoms with van der Waals surface area (Å²) in [5.74, 6) is 0.969. The Morgan fingerprint density at radius 3 is 2.59 bits per heavy atom. The predicted molar refractivity (Wildman–Crippen MR) is 67.1 cm³/mol. The number of aromatic amines is 1. The molecule has 0 amide bonds. The van der Waals surface area contributed by atoms with Gasteiger partial charge in [-0.3, -0.25) is 4.79 Å². The molecule has 88 valence electrons. The van der Waals surface area contributed by atoms with Gasteiger partial charge in [0, 0.05) is 23.6 Å². The highest BCUT2D eigenvalue weighted by atomic mass is 16.1. The second-order valence-electron chi connectivity index (χ2n) is 3.97. The number of carbonyl (C=O) groups is 1. The van der Waals surface area contributed by atoms with E-state index >= 15 is 0 Å². The Kier molecular flexibility index (Phi) is 3.23. The zero-order valence-corrected chi connectivity index (χ0v) is 9.90. The minimum absolute atomic E-state index is 0.0793. The average Bonchev–Trinajstić information content (AvgIpc) is 2.83. The molecule has 2 N–H and O–H groups in total. The molecule has 1 atom stereocenters. The number of rotatable bonds is 4. The SMILES string of the molecule is CC(=O)c1ccc(NC(C)c2ncc[nH]2)cc1. The number of anilines is 1. The molecule has 1 heterocycles. The van der Waals surface area contributed by atoms with Gasteiger partial charge in [-0.15, -0.1) is 0 Å². The molecule has 4 nitrogen and oxygen atoms in total. The third-order valence-electron chi connectivity index (χ3n) is 2.60. The summed E-state index contributed by atoms with van der Waals surface area (Å²) in [4.78, 5) is 18.4. The minimum Gasteiger partial charge on any atom is -0.375 e. The normalized spacial score (nSPS) is 12.1. The van der Waals surface area contributed by atoms with Crippen molar-refractivity contribution in [3.63, 3.8) is 0 Å². The number of nitrogens with zero attached hydrogens (tertiary/aromatic N) is 1. The fraction of sp³-hybridized carbons (Fsp3) is 0.231. The average molecular weight is 229 g/mol. The van der Waals surface area contributed by atoms with Crippen LogP contribution in [0.25, 0.3) is 0 Å². The summed E-state index contributed by atoms with van der Waals surface area (Å²) in [6.45, 7) is 3.59. The lowest BCUT2D eigenvalue weighted by Gasteiger charge is -2.13. The van der Waals surface area contributed by atoms with Crippen molar-refractivity contribution < 1.29 is 4.79 Å². The van der Waals surface area contributed by atoms with Crippen LogP contribution in [0, 0.1) is 0 Å². The lowest BCUT2D eigenvalue weighted by atomic mass is 10.1. The van der Waals surface area contributed by atoms with Crippen molar-refractivity contribution in [1.29, 1.82) is 0 Å². The Labute approximate surface area is 100 Å². The molecule has 0 saturated carbocycles. The number of nitrogens with one attached hydrogen (secondary N) is 2. The van der Waals surface area contributed by atoms with Crippen LogP contribution in [0.4, 0.5) is 5.69 Å². The Morgan fingerprint density at radius 2 is 2.06 bits per heavy atom. The molecule has 0 saturated heterocycles. The van der Waals surface area contributed by atoms with Crippen molar-refractivity contribution in [1.82, 2.24) is 9.97 Å². The van der Waals surface area contributed by atoms with Crippen LogP contribution < -0.4 is 5.32 Å². The monoisotopic (exact) mass is 229 g/mol. The van der Waals surface area contributed by atoms with Gasteiger partial charge in [0.1, 0.15) is 5.82 Å². The molecule has 1 unspecified atom stereocenters. The molecule has 4 heteroatoms. The molecule has 0 radical (unpaired) electrons. The van der Waals surface area contributed by atoms with E-state index in [0.29, 0.717) is 0 Å². The van der Waals surface area contributed by atoms with Gasteiger partial charge in [-0.2, -0.15) is 0 Å². The molecule has 1 aromatic carbocycles. The summed E-state index contributed by atoms with van der Waals surface area (Å²) >= 11 is 0. The molecule has 2 aromatic rings. The van der Waals surface area contributed by atoms with E-state index in [-0.39, 0.29) is 11.8 Å². The molecule has 0 aliphatic carbocycles. The lowest BCUT2D eigenvalue weighted by Crippen LogP contribution is -2.08. The molecule has 0 aliphatic heterocycles. The van der Waals surface area contributed by atoms with E-state index in [1.807, 2.05) is 31.2 Å². The number of H-pyrrole nitrogens is 1. The zero-order chi connectivity index (χ0) is 12.3. The Balaban J connectivity index is 2.06. The number of carbonyl (C=O) groups excluding carboxylic acids is 1. The standard InChI is InChI=1S/C13H15N3O/c1-9(13-14-7-8-15-13)16-12-5-3-11(4-6-12)10(2)17/h3-9,16H,1-2H3,(H,14,15). The van der Waals surface area contributed by atoms with E-state index in [2.05, 4.69) is 15.3 Å².